The molecule has 1 amide bonds. The monoisotopic (exact) mass is 264 g/mol. The summed E-state index contributed by atoms with van der Waals surface area (Å²) in [6.07, 6.45) is 1.50. The molecule has 0 spiro atoms. The van der Waals surface area contributed by atoms with E-state index < -0.39 is 12.0 Å². The van der Waals surface area contributed by atoms with E-state index in [1.54, 1.807) is 25.1 Å². The van der Waals surface area contributed by atoms with Crippen molar-refractivity contribution in [2.45, 2.75) is 32.7 Å². The van der Waals surface area contributed by atoms with Gasteiger partial charge in [0.05, 0.1) is 18.7 Å². The Labute approximate surface area is 113 Å². The fraction of sp³-hybridized carbons (Fsp3) is 0.429. The molecule has 19 heavy (non-hydrogen) atoms. The lowest BCUT2D eigenvalue weighted by molar-refractivity contribution is -0.117. The first-order chi connectivity index (χ1) is 8.99. The van der Waals surface area contributed by atoms with E-state index in [-0.39, 0.29) is 5.91 Å². The highest BCUT2D eigenvalue weighted by molar-refractivity contribution is 5.96. The van der Waals surface area contributed by atoms with Crippen molar-refractivity contribution in [3.8, 4) is 0 Å². The van der Waals surface area contributed by atoms with Gasteiger partial charge < -0.3 is 15.8 Å². The first-order valence-corrected chi connectivity index (χ1v) is 6.25. The van der Waals surface area contributed by atoms with Crippen LogP contribution in [0.2, 0.25) is 0 Å². The van der Waals surface area contributed by atoms with Crippen LogP contribution in [0.1, 0.15) is 35.7 Å². The Morgan fingerprint density at radius 1 is 1.42 bits per heavy atom. The number of carbonyl (C=O) groups is 2. The van der Waals surface area contributed by atoms with Gasteiger partial charge in [-0.3, -0.25) is 4.79 Å². The van der Waals surface area contributed by atoms with Crippen molar-refractivity contribution >= 4 is 17.6 Å². The SMILES string of the molecule is CCCC(N)C(=O)Nc1ccc(C(=O)OC)c(C)c1. The van der Waals surface area contributed by atoms with Crippen LogP contribution in [0.3, 0.4) is 0 Å². The van der Waals surface area contributed by atoms with Crippen LogP contribution in [0.4, 0.5) is 5.69 Å². The molecule has 1 aromatic carbocycles. The minimum Gasteiger partial charge on any atom is -0.465 e. The van der Waals surface area contributed by atoms with Gasteiger partial charge in [0.2, 0.25) is 5.91 Å². The number of amides is 1. The number of esters is 1. The minimum absolute atomic E-state index is 0.216. The largest absolute Gasteiger partial charge is 0.465 e. The molecule has 0 aliphatic rings. The number of carbonyl (C=O) groups excluding carboxylic acids is 2. The lowest BCUT2D eigenvalue weighted by Gasteiger charge is -2.12. The predicted molar refractivity (Wildman–Crippen MR) is 74.0 cm³/mol. The summed E-state index contributed by atoms with van der Waals surface area (Å²) in [5.41, 5.74) is 7.58. The van der Waals surface area contributed by atoms with Crippen molar-refractivity contribution in [1.29, 1.82) is 0 Å². The number of methoxy groups -OCH3 is 1. The van der Waals surface area contributed by atoms with Crippen molar-refractivity contribution in [2.24, 2.45) is 5.73 Å². The van der Waals surface area contributed by atoms with Crippen LogP contribution in [-0.2, 0) is 9.53 Å². The smallest absolute Gasteiger partial charge is 0.338 e. The van der Waals surface area contributed by atoms with E-state index in [1.165, 1.54) is 7.11 Å². The number of aryl methyl sites for hydroxylation is 1. The number of hydrogen-bond acceptors (Lipinski definition) is 4. The standard InChI is InChI=1S/C14H20N2O3/c1-4-5-12(15)13(17)16-10-6-7-11(9(2)8-10)14(18)19-3/h6-8,12H,4-5,15H2,1-3H3,(H,16,17). The fourth-order valence-corrected chi connectivity index (χ4v) is 1.76. The molecule has 0 heterocycles. The Hall–Kier alpha value is -1.88. The predicted octanol–water partition coefficient (Wildman–Crippen LogP) is 1.85. The summed E-state index contributed by atoms with van der Waals surface area (Å²) < 4.78 is 4.66. The highest BCUT2D eigenvalue weighted by Crippen LogP contribution is 2.16. The Kier molecular flexibility index (Phi) is 5.51. The quantitative estimate of drug-likeness (QED) is 0.795. The maximum absolute atomic E-state index is 11.8. The lowest BCUT2D eigenvalue weighted by Crippen LogP contribution is -2.35. The zero-order valence-corrected chi connectivity index (χ0v) is 11.5. The second kappa shape index (κ2) is 6.89. The molecule has 1 rings (SSSR count). The van der Waals surface area contributed by atoms with E-state index in [4.69, 9.17) is 5.73 Å². The number of ether oxygens (including phenoxy) is 1. The van der Waals surface area contributed by atoms with Crippen LogP contribution in [0.5, 0.6) is 0 Å². The summed E-state index contributed by atoms with van der Waals surface area (Å²) in [5, 5.41) is 2.74. The molecule has 1 unspecified atom stereocenters. The van der Waals surface area contributed by atoms with Crippen molar-refractivity contribution in [1.82, 2.24) is 0 Å². The zero-order chi connectivity index (χ0) is 14.4. The van der Waals surface area contributed by atoms with Gasteiger partial charge in [-0.1, -0.05) is 13.3 Å². The number of nitrogens with one attached hydrogen (secondary N) is 1. The topological polar surface area (TPSA) is 81.4 Å². The molecule has 0 radical (unpaired) electrons. The van der Waals surface area contributed by atoms with Crippen LogP contribution in [0, 0.1) is 6.92 Å². The Bertz CT molecular complexity index is 472. The summed E-state index contributed by atoms with van der Waals surface area (Å²) >= 11 is 0. The van der Waals surface area contributed by atoms with Gasteiger partial charge in [0.25, 0.3) is 0 Å². The van der Waals surface area contributed by atoms with Crippen molar-refractivity contribution in [3.05, 3.63) is 29.3 Å². The van der Waals surface area contributed by atoms with Crippen LogP contribution in [-0.4, -0.2) is 25.0 Å². The van der Waals surface area contributed by atoms with Gasteiger partial charge >= 0.3 is 5.97 Å². The summed E-state index contributed by atoms with van der Waals surface area (Å²) in [6, 6.07) is 4.51. The number of anilines is 1. The fourth-order valence-electron chi connectivity index (χ4n) is 1.76. The number of benzene rings is 1. The minimum atomic E-state index is -0.509. The van der Waals surface area contributed by atoms with Gasteiger partial charge in [-0.15, -0.1) is 0 Å². The molecule has 0 bridgehead atoms. The molecule has 0 aliphatic carbocycles. The van der Waals surface area contributed by atoms with Gasteiger partial charge in [0, 0.05) is 5.69 Å². The third-order valence-corrected chi connectivity index (χ3v) is 2.84. The van der Waals surface area contributed by atoms with Crippen LogP contribution in [0.25, 0.3) is 0 Å². The van der Waals surface area contributed by atoms with Gasteiger partial charge in [-0.25, -0.2) is 4.79 Å². The van der Waals surface area contributed by atoms with Crippen molar-refractivity contribution < 1.29 is 14.3 Å². The summed E-state index contributed by atoms with van der Waals surface area (Å²) in [7, 11) is 1.33. The Morgan fingerprint density at radius 2 is 2.11 bits per heavy atom. The molecule has 104 valence electrons. The molecule has 3 N–H and O–H groups in total. The van der Waals surface area contributed by atoms with E-state index in [1.807, 2.05) is 6.92 Å². The van der Waals surface area contributed by atoms with Crippen molar-refractivity contribution in [2.75, 3.05) is 12.4 Å². The third-order valence-electron chi connectivity index (χ3n) is 2.84. The zero-order valence-electron chi connectivity index (χ0n) is 11.5. The summed E-state index contributed by atoms with van der Waals surface area (Å²) in [6.45, 7) is 3.76. The van der Waals surface area contributed by atoms with Gasteiger partial charge in [-0.2, -0.15) is 0 Å². The second-order valence-electron chi connectivity index (χ2n) is 4.41. The van der Waals surface area contributed by atoms with E-state index in [0.717, 1.165) is 12.0 Å². The molecular formula is C14H20N2O3. The maximum atomic E-state index is 11.8. The van der Waals surface area contributed by atoms with E-state index in [9.17, 15) is 9.59 Å². The molecule has 0 saturated heterocycles. The molecule has 1 aromatic rings. The maximum Gasteiger partial charge on any atom is 0.338 e. The Balaban J connectivity index is 2.79. The number of hydrogen-bond donors (Lipinski definition) is 2. The van der Waals surface area contributed by atoms with Crippen LogP contribution >= 0.6 is 0 Å². The molecular weight excluding hydrogens is 244 g/mol. The normalized spacial score (nSPS) is 11.8. The molecule has 0 aromatic heterocycles. The number of rotatable bonds is 5. The van der Waals surface area contributed by atoms with Gasteiger partial charge in [-0.05, 0) is 37.1 Å². The number of nitrogens with two attached hydrogens (primary N) is 1. The second-order valence-corrected chi connectivity index (χ2v) is 4.41. The third kappa shape index (κ3) is 4.06. The average Bonchev–Trinajstić information content (AvgIpc) is 2.38. The molecule has 5 heteroatoms. The molecule has 1 atom stereocenters. The van der Waals surface area contributed by atoms with E-state index in [2.05, 4.69) is 10.1 Å². The molecule has 0 saturated carbocycles. The van der Waals surface area contributed by atoms with E-state index in [0.29, 0.717) is 17.7 Å². The van der Waals surface area contributed by atoms with Crippen LogP contribution in [0.15, 0.2) is 18.2 Å². The summed E-state index contributed by atoms with van der Waals surface area (Å²) in [5.74, 6) is -0.606. The first-order valence-electron chi connectivity index (χ1n) is 6.25. The van der Waals surface area contributed by atoms with Gasteiger partial charge in [0.1, 0.15) is 0 Å². The molecule has 0 aliphatic heterocycles. The highest BCUT2D eigenvalue weighted by Gasteiger charge is 2.14. The Morgan fingerprint density at radius 3 is 2.63 bits per heavy atom. The van der Waals surface area contributed by atoms with Crippen LogP contribution < -0.4 is 11.1 Å². The summed E-state index contributed by atoms with van der Waals surface area (Å²) in [4.78, 5) is 23.2. The van der Waals surface area contributed by atoms with Crippen molar-refractivity contribution in [3.63, 3.8) is 0 Å². The lowest BCUT2D eigenvalue weighted by atomic mass is 10.1. The van der Waals surface area contributed by atoms with Gasteiger partial charge in [0.15, 0.2) is 0 Å². The highest BCUT2D eigenvalue weighted by atomic mass is 16.5. The molecule has 5 nitrogen and oxygen atoms in total. The molecule has 0 fully saturated rings. The van der Waals surface area contributed by atoms with E-state index >= 15 is 0 Å². The average molecular weight is 264 g/mol. The first kappa shape index (κ1) is 15.2.